The molecule has 2 rings (SSSR count). The van der Waals surface area contributed by atoms with Crippen LogP contribution in [0.2, 0.25) is 0 Å². The van der Waals surface area contributed by atoms with Gasteiger partial charge in [-0.05, 0) is 36.2 Å². The average Bonchev–Trinajstić information content (AvgIpc) is 2.88. The van der Waals surface area contributed by atoms with E-state index >= 15 is 0 Å². The number of aliphatic hydroxyl groups excluding tert-OH is 1. The third-order valence-corrected chi connectivity index (χ3v) is 3.35. The number of rotatable bonds is 6. The van der Waals surface area contributed by atoms with Crippen LogP contribution in [0.4, 0.5) is 0 Å². The third kappa shape index (κ3) is 3.69. The number of aromatic nitrogens is 1. The van der Waals surface area contributed by atoms with Crippen molar-refractivity contribution in [1.82, 2.24) is 9.88 Å². The maximum Gasteiger partial charge on any atom is 0.0681 e. The summed E-state index contributed by atoms with van der Waals surface area (Å²) < 4.78 is 2.19. The van der Waals surface area contributed by atoms with Crippen LogP contribution in [0.25, 0.3) is 0 Å². The fraction of sp³-hybridized carbons (Fsp3) is 0.375. The first kappa shape index (κ1) is 13.8. The average molecular weight is 258 g/mol. The van der Waals surface area contributed by atoms with Crippen LogP contribution in [0.5, 0.6) is 0 Å². The molecule has 19 heavy (non-hydrogen) atoms. The molecule has 2 N–H and O–H groups in total. The van der Waals surface area contributed by atoms with Crippen LogP contribution >= 0.6 is 0 Å². The zero-order valence-corrected chi connectivity index (χ0v) is 11.6. The second-order valence-electron chi connectivity index (χ2n) is 4.87. The molecule has 0 fully saturated rings. The van der Waals surface area contributed by atoms with E-state index < -0.39 is 0 Å². The van der Waals surface area contributed by atoms with E-state index in [9.17, 15) is 0 Å². The highest BCUT2D eigenvalue weighted by Gasteiger charge is 2.05. The minimum Gasteiger partial charge on any atom is -0.392 e. The zero-order chi connectivity index (χ0) is 13.7. The van der Waals surface area contributed by atoms with Crippen LogP contribution in [0.3, 0.4) is 0 Å². The summed E-state index contributed by atoms with van der Waals surface area (Å²) in [5, 5.41) is 12.4. The highest BCUT2D eigenvalue weighted by molar-refractivity contribution is 5.23. The van der Waals surface area contributed by atoms with Gasteiger partial charge < -0.3 is 15.0 Å². The molecule has 0 saturated carbocycles. The van der Waals surface area contributed by atoms with Gasteiger partial charge in [0.2, 0.25) is 0 Å². The first-order valence-corrected chi connectivity index (χ1v) is 6.80. The quantitative estimate of drug-likeness (QED) is 0.836. The van der Waals surface area contributed by atoms with Crippen LogP contribution in [0.1, 0.15) is 36.6 Å². The Kier molecular flexibility index (Phi) is 4.77. The van der Waals surface area contributed by atoms with Gasteiger partial charge in [-0.3, -0.25) is 0 Å². The molecule has 1 unspecified atom stereocenters. The van der Waals surface area contributed by atoms with Crippen molar-refractivity contribution in [1.29, 1.82) is 0 Å². The Hall–Kier alpha value is -1.58. The summed E-state index contributed by atoms with van der Waals surface area (Å²) in [5.41, 5.74) is 3.52. The van der Waals surface area contributed by atoms with E-state index in [0.717, 1.165) is 18.7 Å². The zero-order valence-electron chi connectivity index (χ0n) is 11.6. The monoisotopic (exact) mass is 258 g/mol. The SMILES string of the molecule is CCNC(C)c1ccn(Cc2ccc(CO)cc2)c1. The van der Waals surface area contributed by atoms with Gasteiger partial charge >= 0.3 is 0 Å². The van der Waals surface area contributed by atoms with Crippen LogP contribution in [-0.4, -0.2) is 16.2 Å². The summed E-state index contributed by atoms with van der Waals surface area (Å²) in [6.45, 7) is 6.25. The molecular formula is C16H22N2O. The lowest BCUT2D eigenvalue weighted by atomic mass is 10.1. The minimum absolute atomic E-state index is 0.105. The fourth-order valence-corrected chi connectivity index (χ4v) is 2.20. The van der Waals surface area contributed by atoms with Crippen LogP contribution in [0.15, 0.2) is 42.7 Å². The smallest absolute Gasteiger partial charge is 0.0681 e. The molecule has 1 atom stereocenters. The van der Waals surface area contributed by atoms with Crippen molar-refractivity contribution in [2.45, 2.75) is 33.0 Å². The molecule has 3 heteroatoms. The topological polar surface area (TPSA) is 37.2 Å². The number of benzene rings is 1. The molecule has 1 aromatic carbocycles. The summed E-state index contributed by atoms with van der Waals surface area (Å²) >= 11 is 0. The van der Waals surface area contributed by atoms with Crippen molar-refractivity contribution in [3.63, 3.8) is 0 Å². The fourth-order valence-electron chi connectivity index (χ4n) is 2.20. The van der Waals surface area contributed by atoms with Gasteiger partial charge in [-0.1, -0.05) is 31.2 Å². The van der Waals surface area contributed by atoms with Gasteiger partial charge in [-0.2, -0.15) is 0 Å². The van der Waals surface area contributed by atoms with Crippen molar-refractivity contribution < 1.29 is 5.11 Å². The van der Waals surface area contributed by atoms with E-state index in [-0.39, 0.29) is 6.61 Å². The molecule has 0 amide bonds. The lowest BCUT2D eigenvalue weighted by Crippen LogP contribution is -2.17. The Morgan fingerprint density at radius 3 is 2.47 bits per heavy atom. The predicted octanol–water partition coefficient (Wildman–Crippen LogP) is 2.70. The van der Waals surface area contributed by atoms with Gasteiger partial charge in [-0.15, -0.1) is 0 Å². The molecular weight excluding hydrogens is 236 g/mol. The van der Waals surface area contributed by atoms with Gasteiger partial charge in [0, 0.05) is 25.0 Å². The van der Waals surface area contributed by atoms with Crippen LogP contribution < -0.4 is 5.32 Å². The highest BCUT2D eigenvalue weighted by atomic mass is 16.3. The van der Waals surface area contributed by atoms with Gasteiger partial charge in [0.05, 0.1) is 6.61 Å². The van der Waals surface area contributed by atoms with Gasteiger partial charge in [0.15, 0.2) is 0 Å². The Morgan fingerprint density at radius 2 is 1.84 bits per heavy atom. The first-order valence-electron chi connectivity index (χ1n) is 6.80. The normalized spacial score (nSPS) is 12.6. The van der Waals surface area contributed by atoms with E-state index in [0.29, 0.717) is 6.04 Å². The summed E-state index contributed by atoms with van der Waals surface area (Å²) in [5.74, 6) is 0. The van der Waals surface area contributed by atoms with Crippen molar-refractivity contribution in [2.75, 3.05) is 6.54 Å². The van der Waals surface area contributed by atoms with Crippen molar-refractivity contribution in [3.8, 4) is 0 Å². The Morgan fingerprint density at radius 1 is 1.16 bits per heavy atom. The molecule has 0 radical (unpaired) electrons. The van der Waals surface area contributed by atoms with Crippen LogP contribution in [0, 0.1) is 0 Å². The molecule has 2 aromatic rings. The molecule has 1 aromatic heterocycles. The Labute approximate surface area is 114 Å². The second-order valence-corrected chi connectivity index (χ2v) is 4.87. The predicted molar refractivity (Wildman–Crippen MR) is 78.0 cm³/mol. The van der Waals surface area contributed by atoms with E-state index in [1.807, 2.05) is 12.1 Å². The summed E-state index contributed by atoms with van der Waals surface area (Å²) in [7, 11) is 0. The largest absolute Gasteiger partial charge is 0.392 e. The standard InChI is InChI=1S/C16H22N2O/c1-3-17-13(2)16-8-9-18(11-16)10-14-4-6-15(12-19)7-5-14/h4-9,11,13,17,19H,3,10,12H2,1-2H3. The molecule has 102 valence electrons. The third-order valence-electron chi connectivity index (χ3n) is 3.35. The summed E-state index contributed by atoms with van der Waals surface area (Å²) in [6, 6.07) is 10.6. The number of nitrogens with one attached hydrogen (secondary N) is 1. The molecule has 3 nitrogen and oxygen atoms in total. The minimum atomic E-state index is 0.105. The summed E-state index contributed by atoms with van der Waals surface area (Å²) in [6.07, 6.45) is 4.30. The lowest BCUT2D eigenvalue weighted by molar-refractivity contribution is 0.282. The van der Waals surface area contributed by atoms with Crippen molar-refractivity contribution >= 4 is 0 Å². The van der Waals surface area contributed by atoms with Crippen molar-refractivity contribution in [2.24, 2.45) is 0 Å². The maximum atomic E-state index is 9.02. The van der Waals surface area contributed by atoms with Gasteiger partial charge in [0.1, 0.15) is 0 Å². The molecule has 0 saturated heterocycles. The van der Waals surface area contributed by atoms with E-state index in [1.54, 1.807) is 0 Å². The molecule has 0 aliphatic heterocycles. The highest BCUT2D eigenvalue weighted by Crippen LogP contribution is 2.14. The molecule has 1 heterocycles. The van der Waals surface area contributed by atoms with E-state index in [1.165, 1.54) is 11.1 Å². The van der Waals surface area contributed by atoms with Crippen molar-refractivity contribution in [3.05, 3.63) is 59.4 Å². The van der Waals surface area contributed by atoms with Gasteiger partial charge in [-0.25, -0.2) is 0 Å². The van der Waals surface area contributed by atoms with E-state index in [4.69, 9.17) is 5.11 Å². The molecule has 0 aliphatic carbocycles. The van der Waals surface area contributed by atoms with Crippen LogP contribution in [-0.2, 0) is 13.2 Å². The Balaban J connectivity index is 2.02. The molecule has 0 spiro atoms. The number of aliphatic hydroxyl groups is 1. The first-order chi connectivity index (χ1) is 9.22. The Bertz CT molecular complexity index is 502. The number of hydrogen-bond acceptors (Lipinski definition) is 2. The van der Waals surface area contributed by atoms with Gasteiger partial charge in [0.25, 0.3) is 0 Å². The number of hydrogen-bond donors (Lipinski definition) is 2. The maximum absolute atomic E-state index is 9.02. The second kappa shape index (κ2) is 6.55. The molecule has 0 bridgehead atoms. The number of nitrogens with zero attached hydrogens (tertiary/aromatic N) is 1. The summed E-state index contributed by atoms with van der Waals surface area (Å²) in [4.78, 5) is 0. The lowest BCUT2D eigenvalue weighted by Gasteiger charge is -2.10. The van der Waals surface area contributed by atoms with E-state index in [2.05, 4.69) is 54.3 Å². The molecule has 0 aliphatic rings.